The van der Waals surface area contributed by atoms with E-state index in [4.69, 9.17) is 5.84 Å². The van der Waals surface area contributed by atoms with Gasteiger partial charge in [0.2, 0.25) is 0 Å². The Labute approximate surface area is 202 Å². The van der Waals surface area contributed by atoms with E-state index in [2.05, 4.69) is 87.7 Å². The van der Waals surface area contributed by atoms with Crippen LogP contribution in [0.3, 0.4) is 0 Å². The highest BCUT2D eigenvalue weighted by Gasteiger charge is 2.20. The summed E-state index contributed by atoms with van der Waals surface area (Å²) in [4.78, 5) is 2.38. The Morgan fingerprint density at radius 3 is 2.12 bits per heavy atom. The first-order valence-electron chi connectivity index (χ1n) is 11.8. The Balaban J connectivity index is 0.00000265. The average molecular weight is 446 g/mol. The van der Waals surface area contributed by atoms with Crippen LogP contribution < -0.4 is 11.3 Å². The minimum absolute atomic E-state index is 0.233. The molecule has 2 aromatic carbocycles. The second-order valence-corrected chi connectivity index (χ2v) is 8.49. The summed E-state index contributed by atoms with van der Waals surface area (Å²) >= 11 is 0. The first-order chi connectivity index (χ1) is 15.8. The van der Waals surface area contributed by atoms with Gasteiger partial charge in [0.25, 0.3) is 0 Å². The van der Waals surface area contributed by atoms with Gasteiger partial charge in [-0.1, -0.05) is 101 Å². The first-order valence-corrected chi connectivity index (χ1v) is 11.8. The van der Waals surface area contributed by atoms with Gasteiger partial charge >= 0.3 is 0 Å². The summed E-state index contributed by atoms with van der Waals surface area (Å²) in [5.74, 6) is 6.03. The van der Waals surface area contributed by atoms with Crippen LogP contribution in [0, 0.1) is 5.92 Å². The van der Waals surface area contributed by atoms with Crippen molar-refractivity contribution in [1.29, 1.82) is 0 Å². The van der Waals surface area contributed by atoms with Crippen molar-refractivity contribution in [1.82, 2.24) is 10.3 Å². The Morgan fingerprint density at radius 1 is 1.00 bits per heavy atom. The molecule has 0 aliphatic carbocycles. The molecule has 0 saturated heterocycles. The van der Waals surface area contributed by atoms with Gasteiger partial charge in [-0.3, -0.25) is 5.84 Å². The lowest BCUT2D eigenvalue weighted by molar-refractivity contribution is 0.228. The van der Waals surface area contributed by atoms with Gasteiger partial charge in [0.1, 0.15) is 0 Å². The van der Waals surface area contributed by atoms with Crippen LogP contribution in [-0.2, 0) is 6.54 Å². The monoisotopic (exact) mass is 445 g/mol. The van der Waals surface area contributed by atoms with Crippen LogP contribution in [0.15, 0.2) is 92.2 Å². The average Bonchev–Trinajstić information content (AvgIpc) is 2.83. The molecule has 0 aromatic heterocycles. The van der Waals surface area contributed by atoms with Crippen molar-refractivity contribution in [3.63, 3.8) is 0 Å². The molecule has 0 heterocycles. The van der Waals surface area contributed by atoms with Crippen molar-refractivity contribution in [2.75, 3.05) is 0 Å². The third-order valence-corrected chi connectivity index (χ3v) is 5.58. The molecule has 178 valence electrons. The predicted octanol–water partition coefficient (Wildman–Crippen LogP) is 7.70. The van der Waals surface area contributed by atoms with Crippen molar-refractivity contribution in [3.05, 3.63) is 103 Å². The number of allylic oxidation sites excluding steroid dienone is 2. The highest BCUT2D eigenvalue weighted by Crippen LogP contribution is 2.29. The molecule has 0 amide bonds. The van der Waals surface area contributed by atoms with E-state index < -0.39 is 0 Å². The fourth-order valence-corrected chi connectivity index (χ4v) is 3.75. The number of nitrogens with zero attached hydrogens (tertiary/aromatic N) is 1. The smallest absolute Gasteiger partial charge is 0.0493 e. The summed E-state index contributed by atoms with van der Waals surface area (Å²) in [6.07, 6.45) is 3.89. The second-order valence-electron chi connectivity index (χ2n) is 8.49. The summed E-state index contributed by atoms with van der Waals surface area (Å²) in [7, 11) is 0. The molecule has 0 saturated carbocycles. The fraction of sp³-hybridized carbons (Fsp3) is 0.333. The highest BCUT2D eigenvalue weighted by atomic mass is 15.2. The number of hydrogen-bond donors (Lipinski definition) is 2. The van der Waals surface area contributed by atoms with E-state index in [1.807, 2.05) is 38.1 Å². The van der Waals surface area contributed by atoms with Crippen molar-refractivity contribution >= 4 is 5.70 Å². The number of hydrazine groups is 1. The van der Waals surface area contributed by atoms with E-state index in [1.165, 1.54) is 11.1 Å². The van der Waals surface area contributed by atoms with E-state index in [0.29, 0.717) is 11.6 Å². The molecule has 2 rings (SSSR count). The van der Waals surface area contributed by atoms with E-state index in [1.54, 1.807) is 0 Å². The molecule has 3 heteroatoms. The van der Waals surface area contributed by atoms with Crippen LogP contribution in [0.1, 0.15) is 58.6 Å². The molecule has 0 bridgehead atoms. The molecule has 3 nitrogen and oxygen atoms in total. The van der Waals surface area contributed by atoms with E-state index in [9.17, 15) is 0 Å². The standard InChI is InChI=1S/C28H37N3.C2H6/c1-8-28(21(4)5)31(22(6)14-13-20(2)3)19-24-15-17-25(18-16-24)27-12-10-9-11-26(27)23(7)30-29;1-2/h8-12,15-18,21,28,30H,1-2,6-7,13-14,19,29H2,3-5H3;1-2H3. The lowest BCUT2D eigenvalue weighted by Gasteiger charge is -2.36. The highest BCUT2D eigenvalue weighted by molar-refractivity contribution is 5.79. The van der Waals surface area contributed by atoms with Gasteiger partial charge in [-0.25, -0.2) is 0 Å². The summed E-state index contributed by atoms with van der Waals surface area (Å²) in [5, 5.41) is 0. The molecule has 0 spiro atoms. The molecule has 0 fully saturated rings. The van der Waals surface area contributed by atoms with Crippen LogP contribution in [0.2, 0.25) is 0 Å². The van der Waals surface area contributed by atoms with Gasteiger partial charge in [0.05, 0.1) is 0 Å². The Kier molecular flexibility index (Phi) is 12.0. The maximum Gasteiger partial charge on any atom is 0.0493 e. The predicted molar refractivity (Wildman–Crippen MR) is 147 cm³/mol. The van der Waals surface area contributed by atoms with Crippen LogP contribution in [0.4, 0.5) is 0 Å². The quantitative estimate of drug-likeness (QED) is 0.200. The third kappa shape index (κ3) is 8.11. The Bertz CT molecular complexity index is 922. The molecular weight excluding hydrogens is 402 g/mol. The normalized spacial score (nSPS) is 11.1. The zero-order valence-electron chi connectivity index (χ0n) is 21.3. The van der Waals surface area contributed by atoms with Crippen LogP contribution in [0.25, 0.3) is 16.8 Å². The summed E-state index contributed by atoms with van der Waals surface area (Å²) < 4.78 is 0. The van der Waals surface area contributed by atoms with Crippen LogP contribution >= 0.6 is 0 Å². The lowest BCUT2D eigenvalue weighted by Crippen LogP contribution is -2.36. The molecule has 33 heavy (non-hydrogen) atoms. The number of nitrogens with one attached hydrogen (secondary N) is 1. The number of hydrogen-bond acceptors (Lipinski definition) is 3. The Morgan fingerprint density at radius 2 is 1.61 bits per heavy atom. The summed E-state index contributed by atoms with van der Waals surface area (Å²) in [6.45, 7) is 27.8. The maximum atomic E-state index is 5.59. The zero-order valence-corrected chi connectivity index (χ0v) is 21.3. The van der Waals surface area contributed by atoms with Gasteiger partial charge < -0.3 is 10.3 Å². The molecule has 0 aliphatic rings. The SMILES string of the molecule is C=CC(C(C)C)N(Cc1ccc(-c2ccccc2C(=C)NN)cc1)C(=C)CCC(=C)C.CC. The topological polar surface area (TPSA) is 41.3 Å². The summed E-state index contributed by atoms with van der Waals surface area (Å²) in [5.41, 5.74) is 10.1. The Hall–Kier alpha value is -3.04. The molecule has 2 aromatic rings. The van der Waals surface area contributed by atoms with Gasteiger partial charge in [-0.15, -0.1) is 13.2 Å². The summed E-state index contributed by atoms with van der Waals surface area (Å²) in [6, 6.07) is 17.1. The number of benzene rings is 2. The molecule has 0 radical (unpaired) electrons. The second kappa shape index (κ2) is 14.2. The largest absolute Gasteiger partial charge is 0.364 e. The van der Waals surface area contributed by atoms with E-state index in [0.717, 1.165) is 41.8 Å². The molecule has 0 aliphatic heterocycles. The van der Waals surface area contributed by atoms with E-state index in [-0.39, 0.29) is 6.04 Å². The minimum Gasteiger partial charge on any atom is -0.364 e. The van der Waals surface area contributed by atoms with Gasteiger partial charge in [-0.2, -0.15) is 0 Å². The van der Waals surface area contributed by atoms with Gasteiger partial charge in [-0.05, 0) is 42.4 Å². The van der Waals surface area contributed by atoms with Crippen LogP contribution in [-0.4, -0.2) is 10.9 Å². The van der Waals surface area contributed by atoms with Crippen molar-refractivity contribution in [2.45, 2.75) is 60.0 Å². The molecule has 1 atom stereocenters. The van der Waals surface area contributed by atoms with Crippen molar-refractivity contribution in [2.24, 2.45) is 11.8 Å². The van der Waals surface area contributed by atoms with Gasteiger partial charge in [0.15, 0.2) is 0 Å². The van der Waals surface area contributed by atoms with E-state index >= 15 is 0 Å². The van der Waals surface area contributed by atoms with Crippen molar-refractivity contribution in [3.8, 4) is 11.1 Å². The lowest BCUT2D eigenvalue weighted by atomic mass is 9.96. The third-order valence-electron chi connectivity index (χ3n) is 5.58. The van der Waals surface area contributed by atoms with Gasteiger partial charge in [0, 0.05) is 29.5 Å². The first kappa shape index (κ1) is 28.0. The zero-order chi connectivity index (χ0) is 25.0. The molecule has 3 N–H and O–H groups in total. The minimum atomic E-state index is 0.233. The molecular formula is C30H43N3. The van der Waals surface area contributed by atoms with Crippen LogP contribution in [0.5, 0.6) is 0 Å². The number of rotatable bonds is 12. The molecule has 1 unspecified atom stereocenters. The van der Waals surface area contributed by atoms with Crippen molar-refractivity contribution < 1.29 is 0 Å². The number of nitrogens with two attached hydrogens (primary N) is 1. The maximum absolute atomic E-state index is 5.59. The fourth-order valence-electron chi connectivity index (χ4n) is 3.75.